The van der Waals surface area contributed by atoms with Crippen LogP contribution in [0.2, 0.25) is 0 Å². The van der Waals surface area contributed by atoms with E-state index < -0.39 is 0 Å². The number of nitrogens with one attached hydrogen (secondary N) is 2. The first-order chi connectivity index (χ1) is 8.74. The van der Waals surface area contributed by atoms with Gasteiger partial charge in [0, 0.05) is 6.54 Å². The van der Waals surface area contributed by atoms with Crippen LogP contribution in [-0.4, -0.2) is 25.5 Å². The second-order valence-electron chi connectivity index (χ2n) is 5.16. The zero-order chi connectivity index (χ0) is 12.8. The van der Waals surface area contributed by atoms with E-state index in [1.807, 2.05) is 24.3 Å². The normalized spacial score (nSPS) is 18.8. The topological polar surface area (TPSA) is 41.1 Å². The van der Waals surface area contributed by atoms with Gasteiger partial charge >= 0.3 is 0 Å². The van der Waals surface area contributed by atoms with Crippen LogP contribution < -0.4 is 10.6 Å². The summed E-state index contributed by atoms with van der Waals surface area (Å²) in [6.45, 7) is 5.09. The summed E-state index contributed by atoms with van der Waals surface area (Å²) in [5.41, 5.74) is 2.31. The van der Waals surface area contributed by atoms with Gasteiger partial charge in [-0.05, 0) is 44.3 Å². The highest BCUT2D eigenvalue weighted by molar-refractivity contribution is 5.78. The number of hydrogen-bond donors (Lipinski definition) is 2. The Hall–Kier alpha value is -1.35. The maximum absolute atomic E-state index is 11.7. The summed E-state index contributed by atoms with van der Waals surface area (Å²) in [5.74, 6) is 0.870. The molecule has 1 aromatic rings. The van der Waals surface area contributed by atoms with Crippen molar-refractivity contribution in [3.63, 3.8) is 0 Å². The van der Waals surface area contributed by atoms with Crippen molar-refractivity contribution >= 4 is 5.91 Å². The number of carbonyl (C=O) groups excluding carboxylic acids is 1. The molecule has 1 heterocycles. The minimum atomic E-state index is 0.129. The summed E-state index contributed by atoms with van der Waals surface area (Å²) < 4.78 is 0. The van der Waals surface area contributed by atoms with Crippen molar-refractivity contribution in [3.05, 3.63) is 35.4 Å². The lowest BCUT2D eigenvalue weighted by atomic mass is 10.1. The Labute approximate surface area is 109 Å². The average Bonchev–Trinajstić information content (AvgIpc) is 2.85. The summed E-state index contributed by atoms with van der Waals surface area (Å²) >= 11 is 0. The number of aryl methyl sites for hydroxylation is 1. The summed E-state index contributed by atoms with van der Waals surface area (Å²) in [7, 11) is 0. The van der Waals surface area contributed by atoms with Crippen LogP contribution in [0.15, 0.2) is 24.3 Å². The lowest BCUT2D eigenvalue weighted by molar-refractivity contribution is -0.120. The monoisotopic (exact) mass is 246 g/mol. The summed E-state index contributed by atoms with van der Waals surface area (Å²) in [6, 6.07) is 8.14. The average molecular weight is 246 g/mol. The molecule has 0 aliphatic carbocycles. The molecule has 18 heavy (non-hydrogen) atoms. The Bertz CT molecular complexity index is 380. The van der Waals surface area contributed by atoms with Crippen LogP contribution >= 0.6 is 0 Å². The van der Waals surface area contributed by atoms with Gasteiger partial charge < -0.3 is 10.6 Å². The molecule has 1 fully saturated rings. The lowest BCUT2D eigenvalue weighted by Crippen LogP contribution is -2.27. The number of rotatable bonds is 5. The molecule has 0 spiro atoms. The summed E-state index contributed by atoms with van der Waals surface area (Å²) in [6.07, 6.45) is 2.82. The van der Waals surface area contributed by atoms with Gasteiger partial charge in [-0.15, -0.1) is 0 Å². The number of carbonyl (C=O) groups is 1. The fraction of sp³-hybridized carbons (Fsp3) is 0.533. The second kappa shape index (κ2) is 6.55. The minimum absolute atomic E-state index is 0.129. The summed E-state index contributed by atoms with van der Waals surface area (Å²) in [5, 5.41) is 6.35. The van der Waals surface area contributed by atoms with Gasteiger partial charge in [-0.2, -0.15) is 0 Å². The maximum Gasteiger partial charge on any atom is 0.224 e. The minimum Gasteiger partial charge on any atom is -0.356 e. The predicted octanol–water partition coefficient (Wildman–Crippen LogP) is 1.65. The van der Waals surface area contributed by atoms with Crippen LogP contribution in [0.25, 0.3) is 0 Å². The Balaban J connectivity index is 1.66. The zero-order valence-corrected chi connectivity index (χ0v) is 11.0. The van der Waals surface area contributed by atoms with E-state index in [-0.39, 0.29) is 5.91 Å². The van der Waals surface area contributed by atoms with E-state index in [1.54, 1.807) is 0 Å². The first-order valence-corrected chi connectivity index (χ1v) is 6.77. The highest BCUT2D eigenvalue weighted by atomic mass is 16.1. The molecule has 0 bridgehead atoms. The van der Waals surface area contributed by atoms with Crippen molar-refractivity contribution in [1.82, 2.24) is 10.6 Å². The van der Waals surface area contributed by atoms with Crippen molar-refractivity contribution < 1.29 is 4.79 Å². The van der Waals surface area contributed by atoms with E-state index in [1.165, 1.54) is 12.0 Å². The van der Waals surface area contributed by atoms with E-state index in [2.05, 4.69) is 17.6 Å². The van der Waals surface area contributed by atoms with Crippen LogP contribution in [0, 0.1) is 12.8 Å². The third-order valence-electron chi connectivity index (χ3n) is 3.52. The van der Waals surface area contributed by atoms with Crippen molar-refractivity contribution in [3.8, 4) is 0 Å². The zero-order valence-electron chi connectivity index (χ0n) is 11.0. The first kappa shape index (κ1) is 13.1. The molecule has 2 rings (SSSR count). The molecular weight excluding hydrogens is 224 g/mol. The van der Waals surface area contributed by atoms with Gasteiger partial charge in [0.15, 0.2) is 0 Å². The number of hydrogen-bond acceptors (Lipinski definition) is 2. The fourth-order valence-electron chi connectivity index (χ4n) is 2.33. The molecule has 1 aliphatic rings. The standard InChI is InChI=1S/C15H22N2O/c1-12-2-4-13(5-3-12)10-15(18)17-9-7-14-6-8-16-11-14/h2-5,14,16H,6-11H2,1H3,(H,17,18). The molecule has 0 saturated carbocycles. The molecular formula is C15H22N2O. The summed E-state index contributed by atoms with van der Waals surface area (Å²) in [4.78, 5) is 11.7. The van der Waals surface area contributed by atoms with E-state index in [0.29, 0.717) is 6.42 Å². The largest absolute Gasteiger partial charge is 0.356 e. The van der Waals surface area contributed by atoms with Crippen LogP contribution in [0.3, 0.4) is 0 Å². The van der Waals surface area contributed by atoms with Crippen LogP contribution in [0.1, 0.15) is 24.0 Å². The van der Waals surface area contributed by atoms with Gasteiger partial charge in [0.25, 0.3) is 0 Å². The molecule has 1 saturated heterocycles. The molecule has 3 heteroatoms. The Morgan fingerprint density at radius 1 is 1.39 bits per heavy atom. The molecule has 1 atom stereocenters. The van der Waals surface area contributed by atoms with E-state index >= 15 is 0 Å². The molecule has 1 amide bonds. The maximum atomic E-state index is 11.7. The predicted molar refractivity (Wildman–Crippen MR) is 73.5 cm³/mol. The van der Waals surface area contributed by atoms with Crippen LogP contribution in [0.4, 0.5) is 0 Å². The Kier molecular flexibility index (Phi) is 4.76. The van der Waals surface area contributed by atoms with Gasteiger partial charge in [-0.1, -0.05) is 29.8 Å². The highest BCUT2D eigenvalue weighted by Gasteiger charge is 2.14. The van der Waals surface area contributed by atoms with Crippen molar-refractivity contribution in [1.29, 1.82) is 0 Å². The van der Waals surface area contributed by atoms with Crippen LogP contribution in [-0.2, 0) is 11.2 Å². The van der Waals surface area contributed by atoms with E-state index in [4.69, 9.17) is 0 Å². The Morgan fingerprint density at radius 2 is 2.17 bits per heavy atom. The molecule has 1 unspecified atom stereocenters. The van der Waals surface area contributed by atoms with Crippen LogP contribution in [0.5, 0.6) is 0 Å². The van der Waals surface area contributed by atoms with E-state index in [9.17, 15) is 4.79 Å². The molecule has 1 aromatic carbocycles. The Morgan fingerprint density at radius 3 is 2.83 bits per heavy atom. The van der Waals surface area contributed by atoms with Gasteiger partial charge in [0.2, 0.25) is 5.91 Å². The highest BCUT2D eigenvalue weighted by Crippen LogP contribution is 2.10. The number of benzene rings is 1. The van der Waals surface area contributed by atoms with Gasteiger partial charge in [0.05, 0.1) is 6.42 Å². The lowest BCUT2D eigenvalue weighted by Gasteiger charge is -2.09. The molecule has 3 nitrogen and oxygen atoms in total. The van der Waals surface area contributed by atoms with Gasteiger partial charge in [-0.25, -0.2) is 0 Å². The first-order valence-electron chi connectivity index (χ1n) is 6.77. The van der Waals surface area contributed by atoms with Gasteiger partial charge in [0.1, 0.15) is 0 Å². The smallest absolute Gasteiger partial charge is 0.224 e. The number of amides is 1. The third-order valence-corrected chi connectivity index (χ3v) is 3.52. The molecule has 0 radical (unpaired) electrons. The fourth-order valence-corrected chi connectivity index (χ4v) is 2.33. The third kappa shape index (κ3) is 4.15. The molecule has 1 aliphatic heterocycles. The molecule has 2 N–H and O–H groups in total. The SMILES string of the molecule is Cc1ccc(CC(=O)NCCC2CCNC2)cc1. The molecule has 0 aromatic heterocycles. The van der Waals surface area contributed by atoms with Gasteiger partial charge in [-0.3, -0.25) is 4.79 Å². The quantitative estimate of drug-likeness (QED) is 0.829. The second-order valence-corrected chi connectivity index (χ2v) is 5.16. The van der Waals surface area contributed by atoms with E-state index in [0.717, 1.165) is 37.5 Å². The molecule has 98 valence electrons. The van der Waals surface area contributed by atoms with Crippen molar-refractivity contribution in [2.24, 2.45) is 5.92 Å². The van der Waals surface area contributed by atoms with Crippen molar-refractivity contribution in [2.75, 3.05) is 19.6 Å². The van der Waals surface area contributed by atoms with Crippen molar-refractivity contribution in [2.45, 2.75) is 26.2 Å².